The standard InChI is InChI=1S/C11H15N2O6P/c1-3-7-8(19-20(16)17)4-9(18-7)13-5-6(2)10(14)12-11(13)15/h5,7-9H,3-4H2,1-2H3,(H-,12,14,15,16,17)/p+1/t7-,8-,9-/m1/s1. The first-order chi connectivity index (χ1) is 9.42. The summed E-state index contributed by atoms with van der Waals surface area (Å²) < 4.78 is 22.6. The Morgan fingerprint density at radius 3 is 2.90 bits per heavy atom. The van der Waals surface area contributed by atoms with Gasteiger partial charge in [-0.3, -0.25) is 14.3 Å². The first-order valence-electron chi connectivity index (χ1n) is 6.22. The summed E-state index contributed by atoms with van der Waals surface area (Å²) in [5, 5.41) is 0. The number of nitrogens with one attached hydrogen (secondary N) is 1. The lowest BCUT2D eigenvalue weighted by atomic mass is 10.1. The molecule has 110 valence electrons. The zero-order valence-corrected chi connectivity index (χ0v) is 12.0. The minimum absolute atomic E-state index is 0.269. The van der Waals surface area contributed by atoms with Crippen LogP contribution in [0, 0.1) is 6.92 Å². The van der Waals surface area contributed by atoms with Crippen LogP contribution in [-0.4, -0.2) is 26.7 Å². The molecule has 1 unspecified atom stereocenters. The van der Waals surface area contributed by atoms with Crippen molar-refractivity contribution in [1.82, 2.24) is 9.55 Å². The third-order valence-corrected chi connectivity index (χ3v) is 3.72. The van der Waals surface area contributed by atoms with E-state index in [0.717, 1.165) is 0 Å². The lowest BCUT2D eigenvalue weighted by molar-refractivity contribution is -0.0184. The molecule has 1 saturated heterocycles. The fourth-order valence-electron chi connectivity index (χ4n) is 2.26. The highest BCUT2D eigenvalue weighted by Crippen LogP contribution is 2.35. The van der Waals surface area contributed by atoms with E-state index in [0.29, 0.717) is 12.0 Å². The first kappa shape index (κ1) is 15.1. The second kappa shape index (κ2) is 5.97. The maximum absolute atomic E-state index is 11.8. The van der Waals surface area contributed by atoms with Crippen LogP contribution in [0.5, 0.6) is 0 Å². The highest BCUT2D eigenvalue weighted by molar-refractivity contribution is 7.32. The van der Waals surface area contributed by atoms with Crippen LogP contribution >= 0.6 is 8.25 Å². The Morgan fingerprint density at radius 1 is 1.60 bits per heavy atom. The van der Waals surface area contributed by atoms with Crippen LogP contribution in [0.25, 0.3) is 0 Å². The molecule has 0 aromatic carbocycles. The molecule has 0 aliphatic carbocycles. The normalized spacial score (nSPS) is 26.8. The molecule has 1 fully saturated rings. The van der Waals surface area contributed by atoms with Gasteiger partial charge in [0.15, 0.2) is 0 Å². The number of ether oxygens (including phenoxy) is 1. The molecule has 1 aromatic rings. The van der Waals surface area contributed by atoms with Crippen molar-refractivity contribution in [1.29, 1.82) is 0 Å². The molecule has 2 N–H and O–H groups in total. The summed E-state index contributed by atoms with van der Waals surface area (Å²) >= 11 is 0. The molecule has 0 amide bonds. The number of H-pyrrole nitrogens is 1. The van der Waals surface area contributed by atoms with Crippen LogP contribution in [0.1, 0.15) is 31.6 Å². The second-order valence-corrected chi connectivity index (χ2v) is 5.32. The predicted molar refractivity (Wildman–Crippen MR) is 69.6 cm³/mol. The fourth-order valence-corrected chi connectivity index (χ4v) is 2.71. The van der Waals surface area contributed by atoms with Crippen molar-refractivity contribution >= 4 is 8.25 Å². The number of nitrogens with zero attached hydrogens (tertiary/aromatic N) is 1. The van der Waals surface area contributed by atoms with Gasteiger partial charge in [-0.15, -0.1) is 9.42 Å². The minimum atomic E-state index is -2.73. The van der Waals surface area contributed by atoms with Gasteiger partial charge >= 0.3 is 13.9 Å². The number of aromatic nitrogens is 2. The number of hydrogen-bond acceptors (Lipinski definition) is 5. The largest absolute Gasteiger partial charge is 0.695 e. The molecule has 0 saturated carbocycles. The Bertz CT molecular complexity index is 624. The van der Waals surface area contributed by atoms with E-state index in [1.54, 1.807) is 6.92 Å². The summed E-state index contributed by atoms with van der Waals surface area (Å²) in [5.41, 5.74) is -0.629. The van der Waals surface area contributed by atoms with E-state index in [1.165, 1.54) is 10.8 Å². The van der Waals surface area contributed by atoms with Gasteiger partial charge in [0.1, 0.15) is 12.3 Å². The molecular weight excluding hydrogens is 287 g/mol. The molecule has 1 aliphatic rings. The van der Waals surface area contributed by atoms with Crippen molar-refractivity contribution < 1.29 is 18.7 Å². The Kier molecular flexibility index (Phi) is 4.49. The average molecular weight is 303 g/mol. The van der Waals surface area contributed by atoms with Crippen molar-refractivity contribution in [3.63, 3.8) is 0 Å². The predicted octanol–water partition coefficient (Wildman–Crippen LogP) is 0.577. The molecular formula is C11H16N2O6P+. The van der Waals surface area contributed by atoms with Crippen LogP contribution in [0.15, 0.2) is 15.8 Å². The number of hydrogen-bond donors (Lipinski definition) is 2. The molecule has 0 radical (unpaired) electrons. The molecule has 1 aliphatic heterocycles. The van der Waals surface area contributed by atoms with Crippen molar-refractivity contribution in [2.75, 3.05) is 0 Å². The summed E-state index contributed by atoms with van der Waals surface area (Å²) in [6.07, 6.45) is 0.721. The van der Waals surface area contributed by atoms with Gasteiger partial charge in [-0.25, -0.2) is 4.79 Å². The minimum Gasteiger partial charge on any atom is -0.352 e. The van der Waals surface area contributed by atoms with E-state index in [4.69, 9.17) is 14.2 Å². The quantitative estimate of drug-likeness (QED) is 0.787. The first-order valence-corrected chi connectivity index (χ1v) is 7.35. The Balaban J connectivity index is 2.27. The topological polar surface area (TPSA) is 111 Å². The monoisotopic (exact) mass is 303 g/mol. The zero-order valence-electron chi connectivity index (χ0n) is 11.1. The summed E-state index contributed by atoms with van der Waals surface area (Å²) in [5.74, 6) is 0. The highest BCUT2D eigenvalue weighted by Gasteiger charge is 2.41. The maximum atomic E-state index is 11.8. The number of rotatable bonds is 4. The summed E-state index contributed by atoms with van der Waals surface area (Å²) in [6, 6.07) is 0. The fraction of sp³-hybridized carbons (Fsp3) is 0.636. The van der Waals surface area contributed by atoms with E-state index in [9.17, 15) is 14.2 Å². The van der Waals surface area contributed by atoms with Crippen LogP contribution < -0.4 is 11.2 Å². The lowest BCUT2D eigenvalue weighted by Crippen LogP contribution is -2.33. The van der Waals surface area contributed by atoms with Crippen LogP contribution in [0.2, 0.25) is 0 Å². The Hall–Kier alpha value is -1.34. The van der Waals surface area contributed by atoms with Crippen LogP contribution in [0.3, 0.4) is 0 Å². The molecule has 2 heterocycles. The van der Waals surface area contributed by atoms with E-state index in [2.05, 4.69) is 4.98 Å². The molecule has 0 spiro atoms. The molecule has 20 heavy (non-hydrogen) atoms. The van der Waals surface area contributed by atoms with E-state index >= 15 is 0 Å². The molecule has 2 rings (SSSR count). The third-order valence-electron chi connectivity index (χ3n) is 3.26. The van der Waals surface area contributed by atoms with Crippen LogP contribution in [0.4, 0.5) is 0 Å². The smallest absolute Gasteiger partial charge is 0.352 e. The molecule has 9 heteroatoms. The maximum Gasteiger partial charge on any atom is 0.695 e. The molecule has 1 aromatic heterocycles. The molecule has 0 bridgehead atoms. The summed E-state index contributed by atoms with van der Waals surface area (Å²) in [4.78, 5) is 34.1. The summed E-state index contributed by atoms with van der Waals surface area (Å²) in [7, 11) is -2.73. The summed E-state index contributed by atoms with van der Waals surface area (Å²) in [6.45, 7) is 3.44. The van der Waals surface area contributed by atoms with E-state index in [1.807, 2.05) is 6.92 Å². The van der Waals surface area contributed by atoms with Gasteiger partial charge in [0.2, 0.25) is 0 Å². The SMILES string of the molecule is CC[C@H]1O[C@@H](n2cc(C)c(=O)[nH]c2=O)C[C@H]1O[P+](=O)O. The van der Waals surface area contributed by atoms with Crippen molar-refractivity contribution in [3.05, 3.63) is 32.6 Å². The number of aryl methyl sites for hydroxylation is 1. The van der Waals surface area contributed by atoms with Gasteiger partial charge in [0, 0.05) is 22.7 Å². The highest BCUT2D eigenvalue weighted by atomic mass is 31.1. The van der Waals surface area contributed by atoms with Crippen molar-refractivity contribution in [3.8, 4) is 0 Å². The van der Waals surface area contributed by atoms with Gasteiger partial charge < -0.3 is 4.74 Å². The molecule has 8 nitrogen and oxygen atoms in total. The van der Waals surface area contributed by atoms with E-state index in [-0.39, 0.29) is 12.5 Å². The van der Waals surface area contributed by atoms with Crippen molar-refractivity contribution in [2.24, 2.45) is 0 Å². The number of aromatic amines is 1. The van der Waals surface area contributed by atoms with Gasteiger partial charge in [0.25, 0.3) is 5.56 Å². The third kappa shape index (κ3) is 3.04. The van der Waals surface area contributed by atoms with Gasteiger partial charge in [-0.05, 0) is 13.3 Å². The average Bonchev–Trinajstić information content (AvgIpc) is 2.75. The Labute approximate surface area is 115 Å². The zero-order chi connectivity index (χ0) is 14.9. The lowest BCUT2D eigenvalue weighted by Gasteiger charge is -2.14. The molecule has 4 atom stereocenters. The Morgan fingerprint density at radius 2 is 2.30 bits per heavy atom. The van der Waals surface area contributed by atoms with Crippen molar-refractivity contribution in [2.45, 2.75) is 45.1 Å². The van der Waals surface area contributed by atoms with E-state index < -0.39 is 31.8 Å². The van der Waals surface area contributed by atoms with Gasteiger partial charge in [-0.2, -0.15) is 0 Å². The van der Waals surface area contributed by atoms with Gasteiger partial charge in [0.05, 0.1) is 6.10 Å². The second-order valence-electron chi connectivity index (χ2n) is 4.63. The van der Waals surface area contributed by atoms with Crippen LogP contribution in [-0.2, 0) is 13.8 Å². The van der Waals surface area contributed by atoms with Gasteiger partial charge in [-0.1, -0.05) is 6.92 Å².